The van der Waals surface area contributed by atoms with Gasteiger partial charge in [0.1, 0.15) is 11.3 Å². The van der Waals surface area contributed by atoms with E-state index in [0.29, 0.717) is 36.4 Å². The summed E-state index contributed by atoms with van der Waals surface area (Å²) in [4.78, 5) is 52.6. The first kappa shape index (κ1) is 38.4. The molecule has 2 aliphatic heterocycles. The van der Waals surface area contributed by atoms with Crippen LogP contribution >= 0.6 is 0 Å². The predicted octanol–water partition coefficient (Wildman–Crippen LogP) is 7.60. The van der Waals surface area contributed by atoms with E-state index < -0.39 is 59.3 Å². The van der Waals surface area contributed by atoms with E-state index in [2.05, 4.69) is 24.1 Å². The number of carbonyl (C=O) groups is 4. The summed E-state index contributed by atoms with van der Waals surface area (Å²) in [5.41, 5.74) is 0.468. The van der Waals surface area contributed by atoms with Crippen LogP contribution < -0.4 is 4.74 Å². The van der Waals surface area contributed by atoms with Crippen molar-refractivity contribution < 1.29 is 48.0 Å². The van der Waals surface area contributed by atoms with Crippen LogP contribution in [0.3, 0.4) is 0 Å². The number of fused-ring (bicyclic) bond motifs is 8. The van der Waals surface area contributed by atoms with Crippen molar-refractivity contribution in [3.63, 3.8) is 0 Å². The zero-order valence-corrected chi connectivity index (χ0v) is 32.6. The van der Waals surface area contributed by atoms with Crippen LogP contribution in [-0.2, 0) is 39.8 Å². The summed E-state index contributed by atoms with van der Waals surface area (Å²) in [5.74, 6) is -2.07. The predicted molar refractivity (Wildman–Crippen MR) is 202 cm³/mol. The summed E-state index contributed by atoms with van der Waals surface area (Å²) in [7, 11) is 0. The van der Waals surface area contributed by atoms with Crippen LogP contribution in [0.4, 0.5) is 11.4 Å². The fourth-order valence-electron chi connectivity index (χ4n) is 10.9. The molecule has 1 saturated heterocycles. The van der Waals surface area contributed by atoms with Crippen LogP contribution in [0.15, 0.2) is 76.5 Å². The number of allylic oxidation sites excluding steroid dienone is 4. The quantitative estimate of drug-likeness (QED) is 0.189. The minimum absolute atomic E-state index is 0.00329. The molecule has 1 N–H and O–H groups in total. The third-order valence-electron chi connectivity index (χ3n) is 13.3. The Kier molecular flexibility index (Phi) is 9.69. The first-order valence-electron chi connectivity index (χ1n) is 19.9. The molecule has 8 unspecified atom stereocenters. The normalized spacial score (nSPS) is 35.0. The van der Waals surface area contributed by atoms with Gasteiger partial charge in [-0.05, 0) is 92.3 Å². The van der Waals surface area contributed by atoms with E-state index in [0.717, 1.165) is 30.4 Å². The molecule has 4 fully saturated rings. The minimum Gasteiger partial charge on any atom is -0.458 e. The van der Waals surface area contributed by atoms with Crippen LogP contribution in [-0.4, -0.2) is 65.1 Å². The molecule has 0 amide bonds. The third kappa shape index (κ3) is 6.34. The number of carbonyl (C=O) groups excluding carboxylic acids is 4. The van der Waals surface area contributed by atoms with E-state index >= 15 is 0 Å². The number of hydrogen-bond acceptors (Lipinski definition) is 12. The summed E-state index contributed by atoms with van der Waals surface area (Å²) in [6.45, 7) is 9.06. The molecule has 2 aromatic rings. The van der Waals surface area contributed by atoms with E-state index in [4.69, 9.17) is 23.7 Å². The van der Waals surface area contributed by atoms with Gasteiger partial charge in [-0.3, -0.25) is 14.4 Å². The van der Waals surface area contributed by atoms with Crippen molar-refractivity contribution in [1.29, 1.82) is 0 Å². The zero-order chi connectivity index (χ0) is 39.6. The molecule has 0 radical (unpaired) electrons. The van der Waals surface area contributed by atoms with Gasteiger partial charge in [0.2, 0.25) is 11.6 Å². The van der Waals surface area contributed by atoms with Gasteiger partial charge in [-0.1, -0.05) is 57.0 Å². The van der Waals surface area contributed by atoms with Crippen LogP contribution in [0.25, 0.3) is 0 Å². The maximum absolute atomic E-state index is 14.6. The molecule has 0 spiro atoms. The van der Waals surface area contributed by atoms with Gasteiger partial charge >= 0.3 is 11.9 Å². The van der Waals surface area contributed by atoms with Gasteiger partial charge in [0.15, 0.2) is 24.3 Å². The number of ketones is 2. The molecule has 8 rings (SSSR count). The summed E-state index contributed by atoms with van der Waals surface area (Å²) in [6, 6.07) is 12.2. The highest BCUT2D eigenvalue weighted by atomic mass is 16.7. The Morgan fingerprint density at radius 1 is 1.04 bits per heavy atom. The Balaban J connectivity index is 0.952. The molecule has 12 nitrogen and oxygen atoms in total. The maximum atomic E-state index is 14.6. The average Bonchev–Trinajstić information content (AvgIpc) is 3.64. The lowest BCUT2D eigenvalue weighted by molar-refractivity contribution is -0.201. The minimum atomic E-state index is -1.37. The van der Waals surface area contributed by atoms with E-state index in [-0.39, 0.29) is 47.7 Å². The number of cyclic esters (lactones) is 1. The number of nitrogens with zero attached hydrogens (tertiary/aromatic N) is 2. The monoisotopic (exact) mass is 766 g/mol. The largest absolute Gasteiger partial charge is 0.458 e. The molecular weight excluding hydrogens is 716 g/mol. The third-order valence-corrected chi connectivity index (χ3v) is 13.3. The number of azo groups is 1. The lowest BCUT2D eigenvalue weighted by Gasteiger charge is -2.59. The van der Waals surface area contributed by atoms with Crippen LogP contribution in [0.5, 0.6) is 5.75 Å². The summed E-state index contributed by atoms with van der Waals surface area (Å²) in [6.07, 6.45) is 7.68. The SMILES string of the molecule is CCCC1OC2CC3C4CCC5=CC(=O)C=CC5(C)C4C(O)CC3(C)[C@]2(C(=O)COC(=O)CCc2ccccc2/N=N/c2ccc3c(c2)C(=O)OC(C)(C)O3)O1. The second kappa shape index (κ2) is 14.1. The van der Waals surface area contributed by atoms with Gasteiger partial charge in [-0.15, -0.1) is 0 Å². The van der Waals surface area contributed by atoms with Crippen LogP contribution in [0, 0.1) is 28.6 Å². The van der Waals surface area contributed by atoms with Crippen molar-refractivity contribution in [2.75, 3.05) is 6.61 Å². The molecule has 0 bridgehead atoms. The number of Topliss-reactive ketones (excluding diaryl/α,β-unsaturated/α-hetero) is 1. The number of rotatable bonds is 10. The second-order valence-electron chi connectivity index (χ2n) is 17.1. The lowest BCUT2D eigenvalue weighted by Crippen LogP contribution is -2.63. The smallest absolute Gasteiger partial charge is 0.345 e. The van der Waals surface area contributed by atoms with Crippen molar-refractivity contribution in [1.82, 2.24) is 0 Å². The Labute approximate surface area is 326 Å². The molecule has 0 aromatic heterocycles. The van der Waals surface area contributed by atoms with Gasteiger partial charge in [0, 0.05) is 37.0 Å². The first-order chi connectivity index (χ1) is 26.7. The highest BCUT2D eigenvalue weighted by molar-refractivity contribution is 6.01. The second-order valence-corrected chi connectivity index (χ2v) is 17.1. The number of aryl methyl sites for hydroxylation is 1. The van der Waals surface area contributed by atoms with Gasteiger partial charge in [-0.2, -0.15) is 10.2 Å². The summed E-state index contributed by atoms with van der Waals surface area (Å²) < 4.78 is 30.0. The maximum Gasteiger partial charge on any atom is 0.345 e. The summed E-state index contributed by atoms with van der Waals surface area (Å²) in [5, 5.41) is 20.7. The number of hydrogen-bond donors (Lipinski definition) is 1. The Morgan fingerprint density at radius 2 is 1.84 bits per heavy atom. The number of esters is 2. The average molecular weight is 767 g/mol. The highest BCUT2D eigenvalue weighted by Crippen LogP contribution is 2.69. The van der Waals surface area contributed by atoms with E-state index in [1.165, 1.54) is 0 Å². The van der Waals surface area contributed by atoms with Gasteiger partial charge in [0.25, 0.3) is 0 Å². The van der Waals surface area contributed by atoms with Gasteiger partial charge < -0.3 is 28.8 Å². The molecule has 9 atom stereocenters. The van der Waals surface area contributed by atoms with Crippen molar-refractivity contribution in [3.8, 4) is 5.75 Å². The lowest BCUT2D eigenvalue weighted by atomic mass is 9.46. The van der Waals surface area contributed by atoms with Crippen molar-refractivity contribution in [2.24, 2.45) is 38.8 Å². The molecule has 2 heterocycles. The molecule has 6 aliphatic rings. The Hall–Kier alpha value is -4.52. The molecule has 4 aliphatic carbocycles. The van der Waals surface area contributed by atoms with Crippen LogP contribution in [0.1, 0.15) is 95.5 Å². The molecule has 12 heteroatoms. The number of aliphatic hydroxyl groups excluding tert-OH is 1. The van der Waals surface area contributed by atoms with Crippen molar-refractivity contribution in [2.45, 2.75) is 116 Å². The molecule has 3 saturated carbocycles. The first-order valence-corrected chi connectivity index (χ1v) is 19.9. The summed E-state index contributed by atoms with van der Waals surface area (Å²) >= 11 is 0. The van der Waals surface area contributed by atoms with Crippen molar-refractivity contribution in [3.05, 3.63) is 77.4 Å². The number of benzene rings is 2. The van der Waals surface area contributed by atoms with Gasteiger partial charge in [0.05, 0.1) is 23.6 Å². The van der Waals surface area contributed by atoms with Crippen molar-refractivity contribution >= 4 is 34.9 Å². The molecule has 56 heavy (non-hydrogen) atoms. The van der Waals surface area contributed by atoms with Crippen LogP contribution in [0.2, 0.25) is 0 Å². The fraction of sp³-hybridized carbons (Fsp3) is 0.545. The van der Waals surface area contributed by atoms with E-state index in [9.17, 15) is 24.3 Å². The fourth-order valence-corrected chi connectivity index (χ4v) is 10.9. The van der Waals surface area contributed by atoms with Gasteiger partial charge in [-0.25, -0.2) is 4.79 Å². The molecule has 2 aromatic carbocycles. The Morgan fingerprint density at radius 3 is 2.64 bits per heavy atom. The highest BCUT2D eigenvalue weighted by Gasteiger charge is 2.76. The topological polar surface area (TPSA) is 159 Å². The molecule has 296 valence electrons. The van der Waals surface area contributed by atoms with E-state index in [1.54, 1.807) is 50.3 Å². The number of aliphatic hydroxyl groups is 1. The standard InChI is InChI=1S/C44H50N2O10/c1-6-9-38-53-36-22-31-29-15-13-26-20-28(47)18-19-42(26,4)39(29)33(48)23-43(31,5)44(36,55-38)35(49)24-52-37(50)17-12-25-10-7-8-11-32(25)46-45-27-14-16-34-30(21-27)40(51)56-41(2,3)54-34/h7-8,10-11,14,16,18-21,29,31,33,36,38-39,48H,6,9,12-13,15,17,22-24H2,1-5H3/b46-45+/t29?,31?,33?,36?,38?,39?,42?,43?,44-/m1/s1. The Bertz CT molecular complexity index is 2060. The molecular formula is C44H50N2O10. The van der Waals surface area contributed by atoms with E-state index in [1.807, 2.05) is 31.2 Å². The zero-order valence-electron chi connectivity index (χ0n) is 32.6. The number of ether oxygens (including phenoxy) is 5.